The van der Waals surface area contributed by atoms with E-state index >= 15 is 0 Å². The van der Waals surface area contributed by atoms with Crippen LogP contribution in [0.15, 0.2) is 48.5 Å². The third-order valence-electron chi connectivity index (χ3n) is 3.32. The molecule has 2 N–H and O–H groups in total. The van der Waals surface area contributed by atoms with Crippen molar-refractivity contribution in [2.75, 3.05) is 11.4 Å². The van der Waals surface area contributed by atoms with Crippen molar-refractivity contribution in [3.05, 3.63) is 65.2 Å². The fourth-order valence-electron chi connectivity index (χ4n) is 2.11. The highest BCUT2D eigenvalue weighted by Crippen LogP contribution is 2.23. The van der Waals surface area contributed by atoms with Crippen LogP contribution >= 0.6 is 0 Å². The van der Waals surface area contributed by atoms with E-state index in [1.54, 1.807) is 4.90 Å². The highest BCUT2D eigenvalue weighted by Gasteiger charge is 2.13. The molecular formula is C19H20N2O. The first-order chi connectivity index (χ1) is 10.8. The van der Waals surface area contributed by atoms with Gasteiger partial charge in [-0.25, -0.2) is 0 Å². The summed E-state index contributed by atoms with van der Waals surface area (Å²) < 4.78 is 0. The van der Waals surface area contributed by atoms with Gasteiger partial charge in [0.2, 0.25) is 6.41 Å². The van der Waals surface area contributed by atoms with Crippen LogP contribution in [0.3, 0.4) is 0 Å². The lowest BCUT2D eigenvalue weighted by Crippen LogP contribution is -2.22. The van der Waals surface area contributed by atoms with Crippen molar-refractivity contribution in [2.24, 2.45) is 5.73 Å². The average molecular weight is 292 g/mol. The van der Waals surface area contributed by atoms with Crippen molar-refractivity contribution < 1.29 is 4.79 Å². The molecule has 22 heavy (non-hydrogen) atoms. The normalized spacial score (nSPS) is 11.5. The summed E-state index contributed by atoms with van der Waals surface area (Å²) in [6, 6.07) is 15.6. The summed E-state index contributed by atoms with van der Waals surface area (Å²) in [7, 11) is 0. The third-order valence-corrected chi connectivity index (χ3v) is 3.32. The predicted molar refractivity (Wildman–Crippen MR) is 90.5 cm³/mol. The summed E-state index contributed by atoms with van der Waals surface area (Å²) in [6.07, 6.45) is 1.96. The molecule has 0 unspecified atom stereocenters. The molecule has 0 bridgehead atoms. The third kappa shape index (κ3) is 3.75. The van der Waals surface area contributed by atoms with Crippen molar-refractivity contribution in [2.45, 2.75) is 19.9 Å². The van der Waals surface area contributed by atoms with Gasteiger partial charge in [-0.1, -0.05) is 49.1 Å². The lowest BCUT2D eigenvalue weighted by atomic mass is 10.0. The molecule has 1 heterocycles. The molecule has 3 nitrogen and oxygen atoms in total. The number of nitrogens with two attached hydrogens (primary N) is 1. The Balaban J connectivity index is 0.000000396. The SMILES string of the molecule is CCCN.O=CN1Cc2ccccc2C#Cc2ccccc21. The van der Waals surface area contributed by atoms with Gasteiger partial charge in [0.1, 0.15) is 0 Å². The molecule has 1 aliphatic heterocycles. The molecule has 1 amide bonds. The first-order valence-electron chi connectivity index (χ1n) is 7.41. The maximum absolute atomic E-state index is 11.3. The van der Waals surface area contributed by atoms with Gasteiger partial charge in [-0.15, -0.1) is 0 Å². The fourth-order valence-corrected chi connectivity index (χ4v) is 2.11. The molecule has 0 aliphatic carbocycles. The Bertz CT molecular complexity index is 696. The average Bonchev–Trinajstić information content (AvgIpc) is 2.57. The highest BCUT2D eigenvalue weighted by atomic mass is 16.1. The minimum Gasteiger partial charge on any atom is -0.330 e. The van der Waals surface area contributed by atoms with E-state index in [0.717, 1.165) is 41.8 Å². The maximum Gasteiger partial charge on any atom is 0.214 e. The number of nitrogens with zero attached hydrogens (tertiary/aromatic N) is 1. The van der Waals surface area contributed by atoms with Gasteiger partial charge in [0.05, 0.1) is 12.2 Å². The fraction of sp³-hybridized carbons (Fsp3) is 0.211. The largest absolute Gasteiger partial charge is 0.330 e. The maximum atomic E-state index is 11.3. The second-order valence-corrected chi connectivity index (χ2v) is 4.95. The number of hydrogen-bond donors (Lipinski definition) is 1. The zero-order valence-corrected chi connectivity index (χ0v) is 12.8. The van der Waals surface area contributed by atoms with E-state index in [1.807, 2.05) is 48.5 Å². The monoisotopic (exact) mass is 292 g/mol. The summed E-state index contributed by atoms with van der Waals surface area (Å²) in [5, 5.41) is 0. The molecule has 112 valence electrons. The van der Waals surface area contributed by atoms with Crippen LogP contribution < -0.4 is 10.6 Å². The molecule has 0 spiro atoms. The quantitative estimate of drug-likeness (QED) is 0.683. The minimum absolute atomic E-state index is 0.561. The van der Waals surface area contributed by atoms with Gasteiger partial charge in [-0.3, -0.25) is 4.79 Å². The number of hydrogen-bond acceptors (Lipinski definition) is 2. The van der Waals surface area contributed by atoms with Crippen molar-refractivity contribution in [3.8, 4) is 11.8 Å². The molecule has 1 aliphatic rings. The molecule has 3 rings (SSSR count). The van der Waals surface area contributed by atoms with Crippen molar-refractivity contribution in [1.29, 1.82) is 0 Å². The molecular weight excluding hydrogens is 272 g/mol. The number of rotatable bonds is 2. The number of anilines is 1. The zero-order chi connectivity index (χ0) is 15.8. The van der Waals surface area contributed by atoms with Crippen LogP contribution in [0.2, 0.25) is 0 Å². The second-order valence-electron chi connectivity index (χ2n) is 4.95. The van der Waals surface area contributed by atoms with Gasteiger partial charge in [0.15, 0.2) is 0 Å². The lowest BCUT2D eigenvalue weighted by molar-refractivity contribution is -0.107. The molecule has 2 aromatic carbocycles. The van der Waals surface area contributed by atoms with Crippen LogP contribution in [-0.4, -0.2) is 13.0 Å². The van der Waals surface area contributed by atoms with Gasteiger partial charge in [0.25, 0.3) is 0 Å². The Kier molecular flexibility index (Phi) is 5.76. The van der Waals surface area contributed by atoms with Gasteiger partial charge < -0.3 is 10.6 Å². The number of amides is 1. The van der Waals surface area contributed by atoms with E-state index in [0.29, 0.717) is 6.54 Å². The summed E-state index contributed by atoms with van der Waals surface area (Å²) in [6.45, 7) is 3.44. The molecule has 0 saturated heterocycles. The summed E-state index contributed by atoms with van der Waals surface area (Å²) in [5.41, 5.74) is 8.85. The molecule has 2 aromatic rings. The number of carbonyl (C=O) groups is 1. The first kappa shape index (κ1) is 15.8. The van der Waals surface area contributed by atoms with E-state index in [4.69, 9.17) is 5.73 Å². The van der Waals surface area contributed by atoms with Gasteiger partial charge in [-0.05, 0) is 36.7 Å². The van der Waals surface area contributed by atoms with Crippen LogP contribution in [0.1, 0.15) is 30.0 Å². The summed E-state index contributed by atoms with van der Waals surface area (Å²) in [5.74, 6) is 6.31. The van der Waals surface area contributed by atoms with Crippen LogP contribution in [0.4, 0.5) is 5.69 Å². The van der Waals surface area contributed by atoms with E-state index in [9.17, 15) is 4.79 Å². The summed E-state index contributed by atoms with van der Waals surface area (Å²) >= 11 is 0. The Hall–Kier alpha value is -2.57. The van der Waals surface area contributed by atoms with Gasteiger partial charge in [-0.2, -0.15) is 0 Å². The van der Waals surface area contributed by atoms with Crippen molar-refractivity contribution in [1.82, 2.24) is 0 Å². The Morgan fingerprint density at radius 1 is 1.09 bits per heavy atom. The van der Waals surface area contributed by atoms with Crippen LogP contribution in [-0.2, 0) is 11.3 Å². The van der Waals surface area contributed by atoms with Crippen LogP contribution in [0, 0.1) is 11.8 Å². The zero-order valence-electron chi connectivity index (χ0n) is 12.8. The topological polar surface area (TPSA) is 46.3 Å². The number of carbonyl (C=O) groups excluding carboxylic acids is 1. The predicted octanol–water partition coefficient (Wildman–Crippen LogP) is 2.92. The van der Waals surface area contributed by atoms with E-state index in [1.165, 1.54) is 0 Å². The molecule has 3 heteroatoms. The molecule has 0 radical (unpaired) electrons. The molecule has 0 fully saturated rings. The number of para-hydroxylation sites is 1. The van der Waals surface area contributed by atoms with E-state index in [2.05, 4.69) is 18.8 Å². The second kappa shape index (κ2) is 8.02. The van der Waals surface area contributed by atoms with Crippen LogP contribution in [0.25, 0.3) is 0 Å². The number of benzene rings is 2. The van der Waals surface area contributed by atoms with Crippen LogP contribution in [0.5, 0.6) is 0 Å². The Labute approximate surface area is 131 Å². The Morgan fingerprint density at radius 3 is 2.36 bits per heavy atom. The minimum atomic E-state index is 0.561. The Morgan fingerprint density at radius 2 is 1.68 bits per heavy atom. The molecule has 0 saturated carbocycles. The summed E-state index contributed by atoms with van der Waals surface area (Å²) in [4.78, 5) is 13.0. The van der Waals surface area contributed by atoms with E-state index < -0.39 is 0 Å². The van der Waals surface area contributed by atoms with Crippen molar-refractivity contribution in [3.63, 3.8) is 0 Å². The lowest BCUT2D eigenvalue weighted by Gasteiger charge is -2.21. The smallest absolute Gasteiger partial charge is 0.214 e. The first-order valence-corrected chi connectivity index (χ1v) is 7.41. The molecule has 0 atom stereocenters. The highest BCUT2D eigenvalue weighted by molar-refractivity contribution is 5.80. The number of fused-ring (bicyclic) bond motifs is 2. The van der Waals surface area contributed by atoms with Gasteiger partial charge in [0, 0.05) is 11.1 Å². The molecule has 0 aromatic heterocycles. The van der Waals surface area contributed by atoms with Gasteiger partial charge >= 0.3 is 0 Å². The van der Waals surface area contributed by atoms with Crippen molar-refractivity contribution >= 4 is 12.1 Å². The van der Waals surface area contributed by atoms with E-state index in [-0.39, 0.29) is 0 Å². The standard InChI is InChI=1S/C16H11NO.C3H9N/c18-12-17-11-15-7-2-1-5-13(15)9-10-14-6-3-4-8-16(14)17;1-2-3-4/h1-8,12H,11H2;2-4H2,1H3.